The average molecular weight is 296 g/mol. The van der Waals surface area contributed by atoms with E-state index in [1.807, 2.05) is 13.8 Å². The minimum Gasteiger partial charge on any atom is -0.353 e. The summed E-state index contributed by atoms with van der Waals surface area (Å²) in [6.07, 6.45) is 20.0. The van der Waals surface area contributed by atoms with E-state index in [9.17, 15) is 0 Å². The predicted octanol–water partition coefficient (Wildman–Crippen LogP) is 6.03. The number of hydrogen-bond acceptors (Lipinski definition) is 2. The highest BCUT2D eigenvalue weighted by molar-refractivity contribution is 5.01. The molecule has 0 rings (SSSR count). The van der Waals surface area contributed by atoms with Crippen molar-refractivity contribution in [3.63, 3.8) is 0 Å². The minimum absolute atomic E-state index is 0.0151. The van der Waals surface area contributed by atoms with E-state index in [4.69, 9.17) is 9.47 Å². The zero-order valence-corrected chi connectivity index (χ0v) is 14.5. The van der Waals surface area contributed by atoms with Crippen LogP contribution in [-0.2, 0) is 9.47 Å². The van der Waals surface area contributed by atoms with Crippen molar-refractivity contribution in [2.75, 3.05) is 13.2 Å². The Morgan fingerprint density at radius 2 is 1.29 bits per heavy atom. The van der Waals surface area contributed by atoms with E-state index >= 15 is 0 Å². The van der Waals surface area contributed by atoms with E-state index in [1.54, 1.807) is 0 Å². The molecule has 21 heavy (non-hydrogen) atoms. The van der Waals surface area contributed by atoms with Crippen LogP contribution in [0.4, 0.5) is 0 Å². The molecule has 0 saturated carbocycles. The lowest BCUT2D eigenvalue weighted by Gasteiger charge is -2.16. The highest BCUT2D eigenvalue weighted by atomic mass is 16.7. The van der Waals surface area contributed by atoms with Gasteiger partial charge in [0.1, 0.15) is 0 Å². The monoisotopic (exact) mass is 296 g/mol. The average Bonchev–Trinajstić information content (AvgIpc) is 2.48. The Bertz CT molecular complexity index is 240. The largest absolute Gasteiger partial charge is 0.353 e. The molecule has 0 spiro atoms. The standard InChI is InChI=1S/C19H36O2/c1-4-7-8-9-10-11-12-13-14-15-16-17-18-19(20-5-2)21-6-3/h7-10,19H,4-6,11-18H2,1-3H3. The molecule has 0 radical (unpaired) electrons. The van der Waals surface area contributed by atoms with E-state index in [-0.39, 0.29) is 6.29 Å². The number of allylic oxidation sites excluding steroid dienone is 4. The summed E-state index contributed by atoms with van der Waals surface area (Å²) in [5.41, 5.74) is 0. The highest BCUT2D eigenvalue weighted by Gasteiger charge is 2.06. The van der Waals surface area contributed by atoms with Crippen molar-refractivity contribution in [2.24, 2.45) is 0 Å². The Kier molecular flexibility index (Phi) is 17.0. The molecule has 0 aliphatic heterocycles. The summed E-state index contributed by atoms with van der Waals surface area (Å²) >= 11 is 0. The van der Waals surface area contributed by atoms with Crippen LogP contribution in [0.1, 0.15) is 78.6 Å². The zero-order valence-electron chi connectivity index (χ0n) is 14.5. The lowest BCUT2D eigenvalue weighted by atomic mass is 10.1. The molecule has 0 aliphatic carbocycles. The maximum Gasteiger partial charge on any atom is 0.157 e. The molecular weight excluding hydrogens is 260 g/mol. The van der Waals surface area contributed by atoms with E-state index in [2.05, 4.69) is 31.2 Å². The predicted molar refractivity (Wildman–Crippen MR) is 92.5 cm³/mol. The molecule has 2 nitrogen and oxygen atoms in total. The van der Waals surface area contributed by atoms with Gasteiger partial charge in [-0.2, -0.15) is 0 Å². The molecular formula is C19H36O2. The molecule has 0 aliphatic rings. The number of unbranched alkanes of at least 4 members (excludes halogenated alkanes) is 6. The van der Waals surface area contributed by atoms with Gasteiger partial charge in [-0.25, -0.2) is 0 Å². The van der Waals surface area contributed by atoms with Gasteiger partial charge in [0.25, 0.3) is 0 Å². The first-order valence-electron chi connectivity index (χ1n) is 8.89. The molecule has 0 unspecified atom stereocenters. The van der Waals surface area contributed by atoms with Crippen LogP contribution in [-0.4, -0.2) is 19.5 Å². The molecule has 0 aromatic rings. The normalized spacial score (nSPS) is 12.2. The first kappa shape index (κ1) is 20.4. The van der Waals surface area contributed by atoms with Gasteiger partial charge < -0.3 is 9.47 Å². The lowest BCUT2D eigenvalue weighted by Crippen LogP contribution is -2.17. The second kappa shape index (κ2) is 17.5. The summed E-state index contributed by atoms with van der Waals surface area (Å²) in [5.74, 6) is 0. The number of hydrogen-bond donors (Lipinski definition) is 0. The second-order valence-electron chi connectivity index (χ2n) is 5.30. The fourth-order valence-electron chi connectivity index (χ4n) is 2.26. The number of rotatable bonds is 15. The smallest absolute Gasteiger partial charge is 0.157 e. The van der Waals surface area contributed by atoms with E-state index in [0.717, 1.165) is 26.1 Å². The van der Waals surface area contributed by atoms with Crippen LogP contribution in [0.15, 0.2) is 24.3 Å². The van der Waals surface area contributed by atoms with Crippen LogP contribution < -0.4 is 0 Å². The van der Waals surface area contributed by atoms with Gasteiger partial charge >= 0.3 is 0 Å². The van der Waals surface area contributed by atoms with Crippen LogP contribution in [0, 0.1) is 0 Å². The van der Waals surface area contributed by atoms with Crippen LogP contribution in [0.3, 0.4) is 0 Å². The van der Waals surface area contributed by atoms with Crippen molar-refractivity contribution in [2.45, 2.75) is 84.8 Å². The molecule has 0 aromatic heterocycles. The molecule has 0 amide bonds. The van der Waals surface area contributed by atoms with E-state index < -0.39 is 0 Å². The third kappa shape index (κ3) is 15.6. The lowest BCUT2D eigenvalue weighted by molar-refractivity contribution is -0.140. The summed E-state index contributed by atoms with van der Waals surface area (Å²) in [6.45, 7) is 7.70. The van der Waals surface area contributed by atoms with Crippen LogP contribution >= 0.6 is 0 Å². The fourth-order valence-corrected chi connectivity index (χ4v) is 2.26. The van der Waals surface area contributed by atoms with Crippen molar-refractivity contribution < 1.29 is 9.47 Å². The minimum atomic E-state index is 0.0151. The summed E-state index contributed by atoms with van der Waals surface area (Å²) < 4.78 is 11.1. The molecule has 0 fully saturated rings. The molecule has 124 valence electrons. The van der Waals surface area contributed by atoms with Gasteiger partial charge in [-0.1, -0.05) is 56.9 Å². The van der Waals surface area contributed by atoms with Gasteiger partial charge in [0.2, 0.25) is 0 Å². The van der Waals surface area contributed by atoms with Gasteiger partial charge in [0.05, 0.1) is 0 Å². The SMILES string of the molecule is CCC=CC=CCCCCCCCCC(OCC)OCC. The summed E-state index contributed by atoms with van der Waals surface area (Å²) in [4.78, 5) is 0. The zero-order chi connectivity index (χ0) is 15.6. The Hall–Kier alpha value is -0.600. The van der Waals surface area contributed by atoms with Crippen molar-refractivity contribution >= 4 is 0 Å². The molecule has 0 bridgehead atoms. The van der Waals surface area contributed by atoms with Gasteiger partial charge in [-0.3, -0.25) is 0 Å². The number of ether oxygens (including phenoxy) is 2. The van der Waals surface area contributed by atoms with Crippen molar-refractivity contribution in [1.82, 2.24) is 0 Å². The summed E-state index contributed by atoms with van der Waals surface area (Å²) in [7, 11) is 0. The summed E-state index contributed by atoms with van der Waals surface area (Å²) in [5, 5.41) is 0. The Morgan fingerprint density at radius 1 is 0.714 bits per heavy atom. The molecule has 0 heterocycles. The third-order valence-corrected chi connectivity index (χ3v) is 3.38. The molecule has 0 saturated heterocycles. The van der Waals surface area contributed by atoms with Crippen molar-refractivity contribution in [3.05, 3.63) is 24.3 Å². The molecule has 0 atom stereocenters. The van der Waals surface area contributed by atoms with E-state index in [0.29, 0.717) is 0 Å². The quantitative estimate of drug-likeness (QED) is 0.209. The molecule has 0 aromatic carbocycles. The maximum absolute atomic E-state index is 5.55. The Morgan fingerprint density at radius 3 is 1.90 bits per heavy atom. The van der Waals surface area contributed by atoms with Crippen LogP contribution in [0.2, 0.25) is 0 Å². The van der Waals surface area contributed by atoms with Crippen molar-refractivity contribution in [3.8, 4) is 0 Å². The van der Waals surface area contributed by atoms with Gasteiger partial charge in [-0.05, 0) is 46.0 Å². The van der Waals surface area contributed by atoms with Crippen LogP contribution in [0.5, 0.6) is 0 Å². The highest BCUT2D eigenvalue weighted by Crippen LogP contribution is 2.12. The Balaban J connectivity index is 3.31. The first-order valence-corrected chi connectivity index (χ1v) is 8.89. The summed E-state index contributed by atoms with van der Waals surface area (Å²) in [6, 6.07) is 0. The van der Waals surface area contributed by atoms with Gasteiger partial charge in [-0.15, -0.1) is 0 Å². The topological polar surface area (TPSA) is 18.5 Å². The first-order chi connectivity index (χ1) is 10.3. The molecule has 0 N–H and O–H groups in total. The fraction of sp³-hybridized carbons (Fsp3) is 0.789. The Labute approximate surface area is 132 Å². The van der Waals surface area contributed by atoms with E-state index in [1.165, 1.54) is 44.9 Å². The van der Waals surface area contributed by atoms with Crippen molar-refractivity contribution in [1.29, 1.82) is 0 Å². The molecule has 2 heteroatoms. The third-order valence-electron chi connectivity index (χ3n) is 3.38. The van der Waals surface area contributed by atoms with Gasteiger partial charge in [0.15, 0.2) is 6.29 Å². The second-order valence-corrected chi connectivity index (χ2v) is 5.30. The maximum atomic E-state index is 5.55. The van der Waals surface area contributed by atoms with Gasteiger partial charge in [0, 0.05) is 13.2 Å². The van der Waals surface area contributed by atoms with Crippen LogP contribution in [0.25, 0.3) is 0 Å².